The topological polar surface area (TPSA) is 95.9 Å². The normalized spacial score (nSPS) is 11.8. The molecule has 0 spiro atoms. The van der Waals surface area contributed by atoms with E-state index in [9.17, 15) is 14.4 Å². The van der Waals surface area contributed by atoms with Gasteiger partial charge in [-0.05, 0) is 12.3 Å². The number of rotatable bonds is 8. The number of carbonyl (C=O) groups is 3. The van der Waals surface area contributed by atoms with Crippen LogP contribution in [0.2, 0.25) is 0 Å². The third kappa shape index (κ3) is 6.40. The van der Waals surface area contributed by atoms with Crippen molar-refractivity contribution >= 4 is 18.0 Å². The van der Waals surface area contributed by atoms with E-state index in [1.165, 1.54) is 12.0 Å². The number of carboxylic acids is 1. The Morgan fingerprint density at radius 3 is 2.30 bits per heavy atom. The molecule has 0 fully saturated rings. The summed E-state index contributed by atoms with van der Waals surface area (Å²) < 4.78 is 4.52. The van der Waals surface area contributed by atoms with Crippen LogP contribution in [0.25, 0.3) is 0 Å². The van der Waals surface area contributed by atoms with E-state index < -0.39 is 23.9 Å². The molecule has 1 unspecified atom stereocenters. The predicted molar refractivity (Wildman–Crippen MR) is 73.2 cm³/mol. The van der Waals surface area contributed by atoms with E-state index in [-0.39, 0.29) is 19.0 Å². The SMILES string of the molecule is CCCN(CC(=O)OC)C(=O)NCC(C(=O)O)C(C)C. The van der Waals surface area contributed by atoms with Crippen molar-refractivity contribution < 1.29 is 24.2 Å². The van der Waals surface area contributed by atoms with Crippen LogP contribution < -0.4 is 5.32 Å². The lowest BCUT2D eigenvalue weighted by molar-refractivity contribution is -0.143. The average molecular weight is 288 g/mol. The van der Waals surface area contributed by atoms with Gasteiger partial charge in [0.2, 0.25) is 0 Å². The molecule has 0 aliphatic heterocycles. The van der Waals surface area contributed by atoms with Gasteiger partial charge in [-0.3, -0.25) is 9.59 Å². The van der Waals surface area contributed by atoms with Crippen LogP contribution in [0.4, 0.5) is 4.79 Å². The molecule has 0 saturated carbocycles. The van der Waals surface area contributed by atoms with Crippen LogP contribution in [0.15, 0.2) is 0 Å². The summed E-state index contributed by atoms with van der Waals surface area (Å²) in [6, 6.07) is -0.454. The van der Waals surface area contributed by atoms with E-state index in [0.717, 1.165) is 0 Å². The summed E-state index contributed by atoms with van der Waals surface area (Å²) in [6.07, 6.45) is 0.691. The highest BCUT2D eigenvalue weighted by molar-refractivity contribution is 5.81. The fourth-order valence-corrected chi connectivity index (χ4v) is 1.66. The maximum Gasteiger partial charge on any atom is 0.325 e. The quantitative estimate of drug-likeness (QED) is 0.648. The Morgan fingerprint density at radius 2 is 1.90 bits per heavy atom. The van der Waals surface area contributed by atoms with Crippen LogP contribution in [-0.2, 0) is 14.3 Å². The molecular weight excluding hydrogens is 264 g/mol. The molecule has 0 saturated heterocycles. The molecule has 0 aliphatic carbocycles. The van der Waals surface area contributed by atoms with Gasteiger partial charge in [-0.1, -0.05) is 20.8 Å². The number of amides is 2. The van der Waals surface area contributed by atoms with Crippen molar-refractivity contribution in [3.63, 3.8) is 0 Å². The number of nitrogens with zero attached hydrogens (tertiary/aromatic N) is 1. The van der Waals surface area contributed by atoms with Crippen molar-refractivity contribution in [3.05, 3.63) is 0 Å². The predicted octanol–water partition coefficient (Wildman–Crippen LogP) is 0.938. The van der Waals surface area contributed by atoms with Gasteiger partial charge in [-0.15, -0.1) is 0 Å². The van der Waals surface area contributed by atoms with Crippen LogP contribution in [0.3, 0.4) is 0 Å². The van der Waals surface area contributed by atoms with Gasteiger partial charge in [-0.25, -0.2) is 4.79 Å². The first-order chi connectivity index (χ1) is 9.33. The highest BCUT2D eigenvalue weighted by Gasteiger charge is 2.24. The Balaban J connectivity index is 4.52. The molecule has 116 valence electrons. The van der Waals surface area contributed by atoms with Crippen LogP contribution in [0, 0.1) is 11.8 Å². The molecule has 7 nitrogen and oxygen atoms in total. The molecule has 0 aliphatic rings. The minimum atomic E-state index is -0.949. The van der Waals surface area contributed by atoms with Gasteiger partial charge >= 0.3 is 18.0 Å². The number of hydrogen-bond donors (Lipinski definition) is 2. The van der Waals surface area contributed by atoms with E-state index in [1.807, 2.05) is 6.92 Å². The summed E-state index contributed by atoms with van der Waals surface area (Å²) in [5.41, 5.74) is 0. The largest absolute Gasteiger partial charge is 0.481 e. The second-order valence-electron chi connectivity index (χ2n) is 4.87. The molecule has 20 heavy (non-hydrogen) atoms. The monoisotopic (exact) mass is 288 g/mol. The fourth-order valence-electron chi connectivity index (χ4n) is 1.66. The van der Waals surface area contributed by atoms with Gasteiger partial charge in [-0.2, -0.15) is 0 Å². The number of urea groups is 1. The van der Waals surface area contributed by atoms with Gasteiger partial charge in [0.05, 0.1) is 13.0 Å². The minimum absolute atomic E-state index is 0.0349. The second kappa shape index (κ2) is 9.17. The summed E-state index contributed by atoms with van der Waals surface area (Å²) in [6.45, 7) is 5.74. The average Bonchev–Trinajstić information content (AvgIpc) is 2.37. The first kappa shape index (κ1) is 18.2. The molecule has 0 heterocycles. The maximum atomic E-state index is 11.9. The zero-order valence-electron chi connectivity index (χ0n) is 12.5. The van der Waals surface area contributed by atoms with Crippen molar-refractivity contribution in [2.45, 2.75) is 27.2 Å². The molecule has 1 atom stereocenters. The van der Waals surface area contributed by atoms with E-state index in [0.29, 0.717) is 13.0 Å². The van der Waals surface area contributed by atoms with Crippen molar-refractivity contribution in [2.75, 3.05) is 26.7 Å². The molecule has 0 radical (unpaired) electrons. The van der Waals surface area contributed by atoms with E-state index in [1.54, 1.807) is 13.8 Å². The standard InChI is InChI=1S/C13H24N2O5/c1-5-6-15(8-11(16)20-4)13(19)14-7-10(9(2)3)12(17)18/h9-10H,5-8H2,1-4H3,(H,14,19)(H,17,18). The number of aliphatic carboxylic acids is 1. The molecule has 0 bridgehead atoms. The van der Waals surface area contributed by atoms with Gasteiger partial charge in [0.15, 0.2) is 0 Å². The van der Waals surface area contributed by atoms with Gasteiger partial charge < -0.3 is 20.1 Å². The van der Waals surface area contributed by atoms with Crippen molar-refractivity contribution in [1.29, 1.82) is 0 Å². The lowest BCUT2D eigenvalue weighted by Gasteiger charge is -2.23. The van der Waals surface area contributed by atoms with Gasteiger partial charge in [0.25, 0.3) is 0 Å². The van der Waals surface area contributed by atoms with Gasteiger partial charge in [0.1, 0.15) is 6.54 Å². The first-order valence-electron chi connectivity index (χ1n) is 6.65. The Labute approximate surface area is 119 Å². The van der Waals surface area contributed by atoms with E-state index in [4.69, 9.17) is 5.11 Å². The Bertz CT molecular complexity index is 344. The highest BCUT2D eigenvalue weighted by Crippen LogP contribution is 2.09. The van der Waals surface area contributed by atoms with Gasteiger partial charge in [0, 0.05) is 13.1 Å². The summed E-state index contributed by atoms with van der Waals surface area (Å²) in [5, 5.41) is 11.6. The lowest BCUT2D eigenvalue weighted by Crippen LogP contribution is -2.46. The molecule has 0 aromatic heterocycles. The van der Waals surface area contributed by atoms with Crippen LogP contribution in [0.1, 0.15) is 27.2 Å². The molecule has 2 N–H and O–H groups in total. The number of carboxylic acid groups (broad SMARTS) is 1. The summed E-state index contributed by atoms with van der Waals surface area (Å²) in [4.78, 5) is 35.5. The third-order valence-electron chi connectivity index (χ3n) is 2.92. The molecule has 0 aromatic rings. The number of hydrogen-bond acceptors (Lipinski definition) is 4. The Hall–Kier alpha value is -1.79. The zero-order chi connectivity index (χ0) is 15.7. The number of carbonyl (C=O) groups excluding carboxylic acids is 2. The minimum Gasteiger partial charge on any atom is -0.481 e. The van der Waals surface area contributed by atoms with Crippen molar-refractivity contribution in [3.8, 4) is 0 Å². The Kier molecular flexibility index (Phi) is 8.35. The third-order valence-corrected chi connectivity index (χ3v) is 2.92. The smallest absolute Gasteiger partial charge is 0.325 e. The van der Waals surface area contributed by atoms with E-state index in [2.05, 4.69) is 10.1 Å². The van der Waals surface area contributed by atoms with E-state index >= 15 is 0 Å². The Morgan fingerprint density at radius 1 is 1.30 bits per heavy atom. The first-order valence-corrected chi connectivity index (χ1v) is 6.65. The molecule has 2 amide bonds. The van der Waals surface area contributed by atoms with Crippen LogP contribution in [-0.4, -0.2) is 54.7 Å². The number of ether oxygens (including phenoxy) is 1. The molecular formula is C13H24N2O5. The highest BCUT2D eigenvalue weighted by atomic mass is 16.5. The molecule has 0 aromatic carbocycles. The fraction of sp³-hybridized carbons (Fsp3) is 0.769. The summed E-state index contributed by atoms with van der Waals surface area (Å²) in [5.74, 6) is -2.20. The molecule has 0 rings (SSSR count). The van der Waals surface area contributed by atoms with Crippen LogP contribution >= 0.6 is 0 Å². The van der Waals surface area contributed by atoms with Crippen molar-refractivity contribution in [2.24, 2.45) is 11.8 Å². The van der Waals surface area contributed by atoms with Crippen molar-refractivity contribution in [1.82, 2.24) is 10.2 Å². The zero-order valence-corrected chi connectivity index (χ0v) is 12.5. The number of nitrogens with one attached hydrogen (secondary N) is 1. The number of methoxy groups -OCH3 is 1. The summed E-state index contributed by atoms with van der Waals surface area (Å²) >= 11 is 0. The summed E-state index contributed by atoms with van der Waals surface area (Å²) in [7, 11) is 1.25. The molecule has 7 heteroatoms. The second-order valence-corrected chi connectivity index (χ2v) is 4.87. The number of esters is 1. The van der Waals surface area contributed by atoms with Crippen LogP contribution in [0.5, 0.6) is 0 Å². The maximum absolute atomic E-state index is 11.9. The lowest BCUT2D eigenvalue weighted by atomic mass is 9.96.